The fraction of sp³-hybridized carbons (Fsp3) is 0.364. The summed E-state index contributed by atoms with van der Waals surface area (Å²) in [6, 6.07) is 50.1. The van der Waals surface area contributed by atoms with Gasteiger partial charge in [0.1, 0.15) is 34.6 Å². The normalized spacial score (nSPS) is 14.0. The SMILES string of the molecule is CCOC(=O)CC(c1cnc2c(c1)CCCN2)n1ncc2cc(OCCc3ccc4c(n3)CCCC4)ccc21.CCOC(=O)CC(c1cnc2ncccc2c1)n1ncc2cc(OCCc3ccc4c(n3)CCCC4)ccc21.O=C(O)CC(c1cnc2c(c1)CCCN2)n1ncc2cc(OCCc3ccc4c(n3)CCCC4)ccc21.O=CO[O-].[Cs+].[Cs+].[H-].[Li+].[OH-].c1cc2[nH]ncc2cc1OCCc1ccc2c(n1)CCCC2. The number of fused-ring (bicyclic) bond motifs is 11. The summed E-state index contributed by atoms with van der Waals surface area (Å²) in [7, 11) is 0. The average molecular weight is 2190 g/mol. The quantitative estimate of drug-likeness (QED) is 0.0104. The molecular weight excluding hydrogens is 2070 g/mol. The second kappa shape index (κ2) is 55.0. The number of carbonyl (C=O) groups excluding carboxylic acids is 3. The van der Waals surface area contributed by atoms with Crippen LogP contribution in [-0.4, -0.2) is 167 Å². The summed E-state index contributed by atoms with van der Waals surface area (Å²) in [5.41, 5.74) is 24.4. The van der Waals surface area contributed by atoms with E-state index in [0.717, 1.165) is 238 Å². The molecule has 12 aromatic heterocycles. The predicted molar refractivity (Wildman–Crippen MR) is 537 cm³/mol. The Morgan fingerprint density at radius 1 is 0.414 bits per heavy atom. The number of rotatable bonds is 31. The summed E-state index contributed by atoms with van der Waals surface area (Å²) in [4.78, 5) is 85.6. The molecule has 14 heterocycles. The minimum absolute atomic E-state index is 0. The number of aryl methyl sites for hydroxylation is 10. The third kappa shape index (κ3) is 29.1. The number of carbonyl (C=O) groups is 4. The van der Waals surface area contributed by atoms with Crippen LogP contribution < -0.4 is 191 Å². The van der Waals surface area contributed by atoms with E-state index < -0.39 is 12.0 Å². The first-order valence-corrected chi connectivity index (χ1v) is 49.5. The molecule has 16 aromatic rings. The van der Waals surface area contributed by atoms with Gasteiger partial charge in [-0.3, -0.25) is 58.3 Å². The fourth-order valence-electron chi connectivity index (χ4n) is 19.5. The van der Waals surface area contributed by atoms with Gasteiger partial charge >= 0.3 is 175 Å². The summed E-state index contributed by atoms with van der Waals surface area (Å²) >= 11 is 0. The van der Waals surface area contributed by atoms with Crippen LogP contribution in [-0.2, 0) is 123 Å². The number of pyridine rings is 8. The molecule has 0 fully saturated rings. The van der Waals surface area contributed by atoms with Crippen LogP contribution in [0.25, 0.3) is 54.6 Å². The fourth-order valence-corrected chi connectivity index (χ4v) is 19.5. The van der Waals surface area contributed by atoms with Crippen molar-refractivity contribution in [2.75, 3.05) is 63.4 Å². The van der Waals surface area contributed by atoms with Gasteiger partial charge in [0.25, 0.3) is 6.47 Å². The minimum atomic E-state index is -0.875. The van der Waals surface area contributed by atoms with E-state index in [2.05, 4.69) is 117 Å². The van der Waals surface area contributed by atoms with Gasteiger partial charge in [0, 0.05) is 136 Å². The third-order valence-electron chi connectivity index (χ3n) is 26.6. The number of nitrogens with one attached hydrogen (secondary N) is 3. The molecule has 0 spiro atoms. The molecule has 0 saturated carbocycles. The Balaban J connectivity index is 0.000000161. The van der Waals surface area contributed by atoms with E-state index in [-0.39, 0.29) is 213 Å². The number of benzene rings is 4. The zero-order chi connectivity index (χ0) is 96.6. The smallest absolute Gasteiger partial charge is 1.00 e. The maximum absolute atomic E-state index is 12.6. The van der Waals surface area contributed by atoms with E-state index in [1.54, 1.807) is 35.7 Å². The number of carboxylic acid groups (broad SMARTS) is 1. The van der Waals surface area contributed by atoms with Crippen LogP contribution in [0.5, 0.6) is 23.0 Å². The predicted octanol–water partition coefficient (Wildman–Crippen LogP) is 8.23. The molecule has 0 saturated heterocycles. The van der Waals surface area contributed by atoms with Gasteiger partial charge in [0.15, 0.2) is 5.65 Å². The number of ether oxygens (including phenoxy) is 6. The number of hydrogen-bond acceptors (Lipinski definition) is 27. The van der Waals surface area contributed by atoms with Gasteiger partial charge in [-0.2, -0.15) is 20.4 Å². The Morgan fingerprint density at radius 3 is 1.16 bits per heavy atom. The first-order chi connectivity index (χ1) is 69.3. The third-order valence-corrected chi connectivity index (χ3v) is 26.6. The standard InChI is InChI=1S/C31H35N5O3.C31H31N5O3.C29H31N5O3.C18H19N3O.CH2O3.2Cs.Li.H2O.H/c2*1-2-38-30(37)18-29(23-16-22-7-5-14-32-31(22)33-19-23)36-28-12-11-26(17-24(28)20-34-36)39-15-13-25-10-9-21-6-3-4-8-27(21)35-25;35-28(36)16-27(21-14-20-5-3-12-30-29(20)31-17-21)34-26-10-9-24(15-22(26)18-32-34)37-13-11-23-8-7-19-4-1-2-6-25(19)33-23;1-2-4-17-13(3-1)5-6-15(20-17)9-10-22-16-7-8-18-14(11-16)12-19-21-18;2-1-4-3;;;;;/h9-12,16-17,19-20,29H,2-8,13-15,18H2,1H3,(H,32,33);5,7,9-12,14,16-17,19-20,29H,2-4,6,8,13,15,18H2,1H3;7-10,14-15,17-18,27H,1-6,11-13,16H2,(H,30,31)(H,35,36);5-8,11-12H,1-4,9-10H2,(H,19,21);1,3H;;;;1H2;/q;;;;;3*+1;;-1/p-2. The van der Waals surface area contributed by atoms with Crippen molar-refractivity contribution < 1.29 is 226 Å². The van der Waals surface area contributed by atoms with Crippen molar-refractivity contribution in [2.24, 2.45) is 0 Å². The molecule has 22 rings (SSSR count). The summed E-state index contributed by atoms with van der Waals surface area (Å²) in [6.45, 7) is 8.27. The van der Waals surface area contributed by atoms with Crippen LogP contribution in [0.2, 0.25) is 0 Å². The molecule has 6 aliphatic rings. The van der Waals surface area contributed by atoms with Crippen LogP contribution in [0.15, 0.2) is 201 Å². The Labute approximate surface area is 972 Å². The van der Waals surface area contributed by atoms with Crippen LogP contribution >= 0.6 is 0 Å². The van der Waals surface area contributed by atoms with E-state index in [1.165, 1.54) is 108 Å². The Morgan fingerprint density at radius 2 is 0.772 bits per heavy atom. The second-order valence-corrected chi connectivity index (χ2v) is 36.2. The van der Waals surface area contributed by atoms with Gasteiger partial charge in [0.2, 0.25) is 0 Å². The summed E-state index contributed by atoms with van der Waals surface area (Å²) in [6.07, 6.45) is 40.7. The van der Waals surface area contributed by atoms with Crippen molar-refractivity contribution in [3.63, 3.8) is 0 Å². The van der Waals surface area contributed by atoms with Gasteiger partial charge in [-0.05, 0) is 320 Å². The zero-order valence-corrected chi connectivity index (χ0v) is 95.7. The monoisotopic (exact) mass is 2190 g/mol. The summed E-state index contributed by atoms with van der Waals surface area (Å²) in [5.74, 6) is 3.63. The molecule has 3 atom stereocenters. The Kier molecular flexibility index (Phi) is 41.8. The molecule has 3 unspecified atom stereocenters. The Hall–Kier alpha value is -10.5. The van der Waals surface area contributed by atoms with Gasteiger partial charge in [0.05, 0.1) is 124 Å². The zero-order valence-electron chi connectivity index (χ0n) is 84.1. The van der Waals surface area contributed by atoms with Crippen molar-refractivity contribution in [3.8, 4) is 23.0 Å². The van der Waals surface area contributed by atoms with E-state index in [9.17, 15) is 19.5 Å². The first-order valence-electron chi connectivity index (χ1n) is 49.5. The van der Waals surface area contributed by atoms with E-state index >= 15 is 0 Å². The molecule has 0 amide bonds. The maximum atomic E-state index is 12.6. The average Bonchev–Trinajstić information content (AvgIpc) is 1.63. The number of H-pyrrole nitrogens is 1. The first kappa shape index (κ1) is 110. The number of aliphatic carboxylic acids is 1. The number of nitrogens with zero attached hydrogens (tertiary/aromatic N) is 15. The van der Waals surface area contributed by atoms with E-state index in [1.807, 2.05) is 133 Å². The van der Waals surface area contributed by atoms with Crippen LogP contribution in [0, 0.1) is 0 Å². The topological polar surface area (TPSA) is 416 Å². The molecule has 736 valence electrons. The van der Waals surface area contributed by atoms with Crippen molar-refractivity contribution >= 4 is 90.7 Å². The van der Waals surface area contributed by atoms with E-state index in [4.69, 9.17) is 63.5 Å². The van der Waals surface area contributed by atoms with Gasteiger partial charge < -0.3 is 61.2 Å². The molecule has 4 aliphatic carbocycles. The van der Waals surface area contributed by atoms with Crippen molar-refractivity contribution in [1.82, 2.24) is 79.4 Å². The molecule has 4 aromatic carbocycles. The van der Waals surface area contributed by atoms with Crippen molar-refractivity contribution in [2.45, 2.75) is 205 Å². The maximum Gasteiger partial charge on any atom is 1.00 e. The molecule has 35 heteroatoms. The van der Waals surface area contributed by atoms with Gasteiger partial charge in [-0.15, -0.1) is 0 Å². The molecule has 0 bridgehead atoms. The van der Waals surface area contributed by atoms with Gasteiger partial charge in [-0.25, -0.2) is 19.9 Å². The van der Waals surface area contributed by atoms with Crippen LogP contribution in [0.4, 0.5) is 11.6 Å². The van der Waals surface area contributed by atoms with Crippen molar-refractivity contribution in [3.05, 3.63) is 297 Å². The summed E-state index contributed by atoms with van der Waals surface area (Å²) in [5, 5.41) is 50.5. The molecule has 5 N–H and O–H groups in total. The Bertz CT molecular complexity index is 7090. The van der Waals surface area contributed by atoms with Crippen LogP contribution in [0.1, 0.15) is 212 Å². The summed E-state index contributed by atoms with van der Waals surface area (Å²) < 4.78 is 40.3. The minimum Gasteiger partial charge on any atom is -1.00 e. The van der Waals surface area contributed by atoms with Gasteiger partial charge in [-0.1, -0.05) is 24.3 Å². The number of aromatic nitrogens is 16. The number of anilines is 2. The largest absolute Gasteiger partial charge is 1.00 e. The van der Waals surface area contributed by atoms with Crippen molar-refractivity contribution in [1.29, 1.82) is 0 Å². The number of esters is 2. The number of carboxylic acids is 1. The van der Waals surface area contributed by atoms with Crippen LogP contribution in [0.3, 0.4) is 0 Å². The van der Waals surface area contributed by atoms with E-state index in [0.29, 0.717) is 45.3 Å². The molecule has 145 heavy (non-hydrogen) atoms. The molecular formula is C110H119Cs2LiN18O14. The number of aromatic amines is 1. The number of hydrogen-bond donors (Lipinski definition) is 4. The molecule has 2 aliphatic heterocycles. The second-order valence-electron chi connectivity index (χ2n) is 36.2. The molecule has 32 nitrogen and oxygen atoms in total. The molecule has 0 radical (unpaired) electrons.